The lowest BCUT2D eigenvalue weighted by Crippen LogP contribution is -2.29. The molecule has 1 heterocycles. The second-order valence-electron chi connectivity index (χ2n) is 4.29. The van der Waals surface area contributed by atoms with E-state index in [1.807, 2.05) is 11.8 Å². The number of carbonyl (C=O) groups is 1. The summed E-state index contributed by atoms with van der Waals surface area (Å²) in [6, 6.07) is 0. The van der Waals surface area contributed by atoms with Gasteiger partial charge in [0.15, 0.2) is 0 Å². The van der Waals surface area contributed by atoms with Gasteiger partial charge in [-0.2, -0.15) is 16.9 Å². The first-order valence-electron chi connectivity index (χ1n) is 5.79. The van der Waals surface area contributed by atoms with Crippen LogP contribution in [-0.4, -0.2) is 23.1 Å². The lowest BCUT2D eigenvalue weighted by molar-refractivity contribution is -0.125. The lowest BCUT2D eigenvalue weighted by Gasteiger charge is -2.19. The van der Waals surface area contributed by atoms with Gasteiger partial charge in [-0.1, -0.05) is 19.3 Å². The molecule has 2 rings (SSSR count). The first-order chi connectivity index (χ1) is 7.36. The predicted octanol–water partition coefficient (Wildman–Crippen LogP) is 2.18. The average molecular weight is 226 g/mol. The van der Waals surface area contributed by atoms with E-state index in [9.17, 15) is 4.79 Å². The van der Waals surface area contributed by atoms with Crippen molar-refractivity contribution in [3.63, 3.8) is 0 Å². The van der Waals surface area contributed by atoms with E-state index in [4.69, 9.17) is 0 Å². The first-order valence-corrected chi connectivity index (χ1v) is 6.95. The van der Waals surface area contributed by atoms with Gasteiger partial charge >= 0.3 is 0 Å². The fourth-order valence-electron chi connectivity index (χ4n) is 2.13. The summed E-state index contributed by atoms with van der Waals surface area (Å²) in [6.07, 6.45) is 6.82. The third-order valence-corrected chi connectivity index (χ3v) is 4.13. The molecule has 2 fully saturated rings. The highest BCUT2D eigenvalue weighted by Gasteiger charge is 2.20. The smallest absolute Gasteiger partial charge is 0.243 e. The number of nitrogens with one attached hydrogen (secondary N) is 1. The molecule has 1 amide bonds. The topological polar surface area (TPSA) is 41.5 Å². The summed E-state index contributed by atoms with van der Waals surface area (Å²) < 4.78 is 0. The van der Waals surface area contributed by atoms with Crippen LogP contribution in [0, 0.1) is 5.92 Å². The molecular weight excluding hydrogens is 208 g/mol. The van der Waals surface area contributed by atoms with Crippen LogP contribution in [0.4, 0.5) is 0 Å². The lowest BCUT2D eigenvalue weighted by atomic mass is 9.89. The fourth-order valence-corrected chi connectivity index (χ4v) is 3.10. The second-order valence-corrected chi connectivity index (χ2v) is 5.40. The Balaban J connectivity index is 1.78. The van der Waals surface area contributed by atoms with Gasteiger partial charge in [0.05, 0.1) is 0 Å². The molecular formula is C11H18N2OS. The molecule has 0 aromatic rings. The molecule has 3 nitrogen and oxygen atoms in total. The molecule has 1 N–H and O–H groups in total. The van der Waals surface area contributed by atoms with Crippen LogP contribution in [0.25, 0.3) is 0 Å². The number of nitrogens with zero attached hydrogens (tertiary/aromatic N) is 1. The van der Waals surface area contributed by atoms with Crippen LogP contribution in [0.15, 0.2) is 5.10 Å². The predicted molar refractivity (Wildman–Crippen MR) is 64.1 cm³/mol. The maximum Gasteiger partial charge on any atom is 0.243 e. The Bertz CT molecular complexity index is 251. The second kappa shape index (κ2) is 5.54. The zero-order chi connectivity index (χ0) is 10.5. The zero-order valence-electron chi connectivity index (χ0n) is 9.00. The molecule has 0 unspecified atom stereocenters. The van der Waals surface area contributed by atoms with Crippen molar-refractivity contribution in [2.24, 2.45) is 11.0 Å². The Morgan fingerprint density at radius 2 is 2.13 bits per heavy atom. The van der Waals surface area contributed by atoms with Crippen molar-refractivity contribution in [1.82, 2.24) is 5.43 Å². The third-order valence-electron chi connectivity index (χ3n) is 3.10. The van der Waals surface area contributed by atoms with Gasteiger partial charge in [0.2, 0.25) is 5.91 Å². The zero-order valence-corrected chi connectivity index (χ0v) is 9.81. The molecule has 4 heteroatoms. The summed E-state index contributed by atoms with van der Waals surface area (Å²) in [6.45, 7) is 0. The highest BCUT2D eigenvalue weighted by molar-refractivity contribution is 8.00. The van der Waals surface area contributed by atoms with E-state index >= 15 is 0 Å². The summed E-state index contributed by atoms with van der Waals surface area (Å²) in [5, 5.41) is 4.19. The van der Waals surface area contributed by atoms with Crippen LogP contribution in [0.1, 0.15) is 38.5 Å². The number of amides is 1. The highest BCUT2D eigenvalue weighted by atomic mass is 32.2. The molecule has 15 heavy (non-hydrogen) atoms. The molecule has 0 aromatic heterocycles. The van der Waals surface area contributed by atoms with Crippen LogP contribution < -0.4 is 5.43 Å². The molecule has 2 aliphatic rings. The van der Waals surface area contributed by atoms with Crippen LogP contribution >= 0.6 is 11.8 Å². The normalized spacial score (nSPS) is 25.7. The molecule has 0 atom stereocenters. The number of carbonyl (C=O) groups excluding carboxylic acids is 1. The molecule has 1 aliphatic carbocycles. The Morgan fingerprint density at radius 1 is 1.33 bits per heavy atom. The van der Waals surface area contributed by atoms with Crippen LogP contribution in [0.5, 0.6) is 0 Å². The van der Waals surface area contributed by atoms with Crippen molar-refractivity contribution < 1.29 is 4.79 Å². The summed E-state index contributed by atoms with van der Waals surface area (Å²) in [5.74, 6) is 2.50. The summed E-state index contributed by atoms with van der Waals surface area (Å²) in [4.78, 5) is 11.7. The average Bonchev–Trinajstić information content (AvgIpc) is 2.80. The number of thioether (sulfide) groups is 1. The van der Waals surface area contributed by atoms with Crippen LogP contribution in [0.3, 0.4) is 0 Å². The number of rotatable bonds is 2. The summed E-state index contributed by atoms with van der Waals surface area (Å²) >= 11 is 1.89. The van der Waals surface area contributed by atoms with E-state index in [0.717, 1.165) is 36.5 Å². The number of hydrogen-bond donors (Lipinski definition) is 1. The first kappa shape index (κ1) is 11.0. The van der Waals surface area contributed by atoms with E-state index in [-0.39, 0.29) is 11.8 Å². The largest absolute Gasteiger partial charge is 0.273 e. The molecule has 0 spiro atoms. The molecule has 0 aromatic carbocycles. The van der Waals surface area contributed by atoms with E-state index in [2.05, 4.69) is 10.5 Å². The quantitative estimate of drug-likeness (QED) is 0.733. The van der Waals surface area contributed by atoms with Crippen molar-refractivity contribution in [2.75, 3.05) is 11.5 Å². The number of hydrogen-bond acceptors (Lipinski definition) is 3. The summed E-state index contributed by atoms with van der Waals surface area (Å²) in [7, 11) is 0. The maximum absolute atomic E-state index is 11.7. The van der Waals surface area contributed by atoms with Gasteiger partial charge in [-0.05, 0) is 25.0 Å². The summed E-state index contributed by atoms with van der Waals surface area (Å²) in [5.41, 5.74) is 3.87. The van der Waals surface area contributed by atoms with Gasteiger partial charge in [-0.25, -0.2) is 5.43 Å². The molecule has 0 radical (unpaired) electrons. The monoisotopic (exact) mass is 226 g/mol. The van der Waals surface area contributed by atoms with Crippen molar-refractivity contribution in [2.45, 2.75) is 38.5 Å². The number of hydrazone groups is 1. The van der Waals surface area contributed by atoms with Crippen LogP contribution in [0.2, 0.25) is 0 Å². The Morgan fingerprint density at radius 3 is 2.80 bits per heavy atom. The Labute approximate surface area is 95.1 Å². The van der Waals surface area contributed by atoms with Gasteiger partial charge in [0, 0.05) is 17.4 Å². The van der Waals surface area contributed by atoms with Crippen molar-refractivity contribution in [3.8, 4) is 0 Å². The third kappa shape index (κ3) is 3.23. The van der Waals surface area contributed by atoms with Crippen molar-refractivity contribution in [3.05, 3.63) is 0 Å². The van der Waals surface area contributed by atoms with Crippen molar-refractivity contribution in [1.29, 1.82) is 0 Å². The molecule has 1 saturated heterocycles. The minimum Gasteiger partial charge on any atom is -0.273 e. The van der Waals surface area contributed by atoms with E-state index in [1.165, 1.54) is 19.3 Å². The molecule has 0 bridgehead atoms. The van der Waals surface area contributed by atoms with E-state index in [1.54, 1.807) is 0 Å². The molecule has 1 aliphatic heterocycles. The maximum atomic E-state index is 11.7. The minimum atomic E-state index is 0.138. The van der Waals surface area contributed by atoms with E-state index < -0.39 is 0 Å². The van der Waals surface area contributed by atoms with Gasteiger partial charge in [-0.15, -0.1) is 0 Å². The van der Waals surface area contributed by atoms with Gasteiger partial charge in [0.1, 0.15) is 0 Å². The fraction of sp³-hybridized carbons (Fsp3) is 0.818. The molecule has 1 saturated carbocycles. The van der Waals surface area contributed by atoms with Gasteiger partial charge in [-0.3, -0.25) is 4.79 Å². The van der Waals surface area contributed by atoms with E-state index in [0.29, 0.717) is 0 Å². The Kier molecular flexibility index (Phi) is 4.06. The van der Waals surface area contributed by atoms with Gasteiger partial charge < -0.3 is 0 Å². The molecule has 84 valence electrons. The van der Waals surface area contributed by atoms with Crippen molar-refractivity contribution >= 4 is 23.4 Å². The SMILES string of the molecule is O=C(N/N=C1/CCSC1)C1CCCCC1. The minimum absolute atomic E-state index is 0.138. The van der Waals surface area contributed by atoms with Crippen LogP contribution in [-0.2, 0) is 4.79 Å². The highest BCUT2D eigenvalue weighted by Crippen LogP contribution is 2.23. The Hall–Kier alpha value is -0.510. The standard InChI is InChI=1S/C11H18N2OS/c14-11(9-4-2-1-3-5-9)13-12-10-6-7-15-8-10/h9H,1-8H2,(H,13,14)/b12-10-. The van der Waals surface area contributed by atoms with Gasteiger partial charge in [0.25, 0.3) is 0 Å².